The number of ether oxygens (including phenoxy) is 3. The number of carbonyl (C=O) groups excluding carboxylic acids is 1. The van der Waals surface area contributed by atoms with E-state index in [1.807, 2.05) is 24.0 Å². The topological polar surface area (TPSA) is 72.6 Å². The van der Waals surface area contributed by atoms with Gasteiger partial charge in [-0.15, -0.1) is 0 Å². The number of aromatic nitrogens is 1. The second-order valence-corrected chi connectivity index (χ2v) is 9.00. The number of methoxy groups -OCH3 is 1. The lowest BCUT2D eigenvalue weighted by atomic mass is 9.94. The zero-order valence-electron chi connectivity index (χ0n) is 19.1. The van der Waals surface area contributed by atoms with Crippen LogP contribution in [0.3, 0.4) is 0 Å². The van der Waals surface area contributed by atoms with E-state index in [2.05, 4.69) is 46.7 Å². The summed E-state index contributed by atoms with van der Waals surface area (Å²) >= 11 is 1.93. The summed E-state index contributed by atoms with van der Waals surface area (Å²) < 4.78 is 15.6. The molecule has 1 aliphatic heterocycles. The lowest BCUT2D eigenvalue weighted by Crippen LogP contribution is -2.33. The Labute approximate surface area is 198 Å². The third-order valence-electron chi connectivity index (χ3n) is 5.74. The monoisotopic (exact) mass is 466 g/mol. The van der Waals surface area contributed by atoms with E-state index in [9.17, 15) is 4.79 Å². The van der Waals surface area contributed by atoms with E-state index in [4.69, 9.17) is 14.2 Å². The number of aromatic amines is 1. The summed E-state index contributed by atoms with van der Waals surface area (Å²) in [6, 6.07) is 14.8. The first kappa shape index (κ1) is 23.3. The van der Waals surface area contributed by atoms with E-state index < -0.39 is 6.16 Å². The van der Waals surface area contributed by atoms with Gasteiger partial charge in [0.15, 0.2) is 11.5 Å². The minimum absolute atomic E-state index is 0.257. The zero-order valence-corrected chi connectivity index (χ0v) is 19.9. The fraction of sp³-hybridized carbons (Fsp3) is 0.346. The van der Waals surface area contributed by atoms with Gasteiger partial charge in [-0.05, 0) is 48.3 Å². The van der Waals surface area contributed by atoms with Crippen molar-refractivity contribution in [2.45, 2.75) is 31.6 Å². The van der Waals surface area contributed by atoms with E-state index >= 15 is 0 Å². The van der Waals surface area contributed by atoms with Crippen LogP contribution >= 0.6 is 11.8 Å². The maximum atomic E-state index is 11.7. The van der Waals surface area contributed by atoms with Gasteiger partial charge in [-0.3, -0.25) is 0 Å². The molecule has 2 heterocycles. The molecule has 1 aliphatic rings. The van der Waals surface area contributed by atoms with Gasteiger partial charge >= 0.3 is 6.16 Å². The van der Waals surface area contributed by atoms with Crippen molar-refractivity contribution in [2.24, 2.45) is 0 Å². The number of benzene rings is 2. The largest absolute Gasteiger partial charge is 0.513 e. The minimum atomic E-state index is -0.737. The molecule has 6 nitrogen and oxygen atoms in total. The van der Waals surface area contributed by atoms with E-state index in [1.54, 1.807) is 20.1 Å². The maximum absolute atomic E-state index is 11.7. The number of carbonyl (C=O) groups is 1. The first-order valence-electron chi connectivity index (χ1n) is 11.3. The fourth-order valence-electron chi connectivity index (χ4n) is 4.05. The summed E-state index contributed by atoms with van der Waals surface area (Å²) in [6.07, 6.45) is 5.77. The third-order valence-corrected chi connectivity index (χ3v) is 6.78. The fourth-order valence-corrected chi connectivity index (χ4v) is 5.11. The predicted octanol–water partition coefficient (Wildman–Crippen LogP) is 5.78. The van der Waals surface area contributed by atoms with Crippen LogP contribution in [0.5, 0.6) is 11.5 Å². The Morgan fingerprint density at radius 2 is 2.03 bits per heavy atom. The molecule has 2 aromatic carbocycles. The molecule has 174 valence electrons. The molecular formula is C26H30N2O4S. The van der Waals surface area contributed by atoms with Gasteiger partial charge in [0.05, 0.1) is 13.7 Å². The average Bonchev–Trinajstić information content (AvgIpc) is 3.23. The van der Waals surface area contributed by atoms with Crippen LogP contribution in [-0.4, -0.2) is 43.2 Å². The molecule has 1 unspecified atom stereocenters. The van der Waals surface area contributed by atoms with E-state index in [-0.39, 0.29) is 6.61 Å². The summed E-state index contributed by atoms with van der Waals surface area (Å²) in [4.78, 5) is 15.0. The third kappa shape index (κ3) is 5.92. The highest BCUT2D eigenvalue weighted by Gasteiger charge is 2.17. The van der Waals surface area contributed by atoms with E-state index in [1.165, 1.54) is 16.7 Å². The summed E-state index contributed by atoms with van der Waals surface area (Å²) in [5, 5.41) is 4.69. The summed E-state index contributed by atoms with van der Waals surface area (Å²) in [7, 11) is 1.57. The Balaban J connectivity index is 1.32. The SMILES string of the molecule is CCOC(=O)Oc1cc2[nH]cc(CSCCC3CC(c4ccccc4)=CCN3)c2cc1OC. The quantitative estimate of drug-likeness (QED) is 0.237. The number of hydrogen-bond donors (Lipinski definition) is 2. The zero-order chi connectivity index (χ0) is 23.0. The first-order valence-corrected chi connectivity index (χ1v) is 12.4. The van der Waals surface area contributed by atoms with Crippen molar-refractivity contribution in [1.29, 1.82) is 0 Å². The molecule has 0 radical (unpaired) electrons. The van der Waals surface area contributed by atoms with E-state index in [0.29, 0.717) is 17.5 Å². The van der Waals surface area contributed by atoms with Gasteiger partial charge in [0.25, 0.3) is 0 Å². The van der Waals surface area contributed by atoms with Gasteiger partial charge in [-0.1, -0.05) is 36.4 Å². The molecule has 0 saturated carbocycles. The number of H-pyrrole nitrogens is 1. The van der Waals surface area contributed by atoms with Crippen molar-refractivity contribution in [3.63, 3.8) is 0 Å². The molecule has 0 aliphatic carbocycles. The molecule has 1 aromatic heterocycles. The second kappa shape index (κ2) is 11.3. The molecule has 1 atom stereocenters. The predicted molar refractivity (Wildman–Crippen MR) is 134 cm³/mol. The molecule has 2 N–H and O–H groups in total. The number of fused-ring (bicyclic) bond motifs is 1. The lowest BCUT2D eigenvalue weighted by Gasteiger charge is -2.24. The molecule has 7 heteroatoms. The number of nitrogens with one attached hydrogen (secondary N) is 2. The molecular weight excluding hydrogens is 436 g/mol. The smallest absolute Gasteiger partial charge is 0.493 e. The summed E-state index contributed by atoms with van der Waals surface area (Å²) in [6.45, 7) is 2.92. The van der Waals surface area contributed by atoms with Crippen LogP contribution in [-0.2, 0) is 10.5 Å². The summed E-state index contributed by atoms with van der Waals surface area (Å²) in [5.41, 5.74) is 4.87. The first-order chi connectivity index (χ1) is 16.2. The van der Waals surface area contributed by atoms with Crippen molar-refractivity contribution < 1.29 is 19.0 Å². The van der Waals surface area contributed by atoms with Crippen LogP contribution in [0.4, 0.5) is 4.79 Å². The van der Waals surface area contributed by atoms with Crippen LogP contribution in [0.2, 0.25) is 0 Å². The molecule has 0 fully saturated rings. The molecule has 3 aromatic rings. The molecule has 4 rings (SSSR count). The van der Waals surface area contributed by atoms with E-state index in [0.717, 1.165) is 41.8 Å². The van der Waals surface area contributed by atoms with Crippen molar-refractivity contribution in [1.82, 2.24) is 10.3 Å². The Kier molecular flexibility index (Phi) is 7.96. The lowest BCUT2D eigenvalue weighted by molar-refractivity contribution is 0.103. The minimum Gasteiger partial charge on any atom is -0.493 e. The van der Waals surface area contributed by atoms with Crippen molar-refractivity contribution in [3.8, 4) is 11.5 Å². The molecule has 0 bridgehead atoms. The Morgan fingerprint density at radius 1 is 1.18 bits per heavy atom. The number of rotatable bonds is 9. The number of hydrogen-bond acceptors (Lipinski definition) is 6. The van der Waals surface area contributed by atoms with Gasteiger partial charge in [-0.25, -0.2) is 4.79 Å². The molecule has 0 amide bonds. The van der Waals surface area contributed by atoms with Crippen LogP contribution < -0.4 is 14.8 Å². The van der Waals surface area contributed by atoms with Gasteiger partial charge in [0, 0.05) is 41.5 Å². The van der Waals surface area contributed by atoms with Crippen LogP contribution in [0.1, 0.15) is 30.9 Å². The van der Waals surface area contributed by atoms with Gasteiger partial charge in [0.2, 0.25) is 0 Å². The summed E-state index contributed by atoms with van der Waals surface area (Å²) in [5.74, 6) is 2.83. The normalized spacial score (nSPS) is 15.8. The average molecular weight is 467 g/mol. The van der Waals surface area contributed by atoms with Gasteiger partial charge < -0.3 is 24.5 Å². The van der Waals surface area contributed by atoms with Crippen LogP contribution in [0.15, 0.2) is 54.7 Å². The number of thioether (sulfide) groups is 1. The highest BCUT2D eigenvalue weighted by Crippen LogP contribution is 2.35. The molecule has 0 saturated heterocycles. The Morgan fingerprint density at radius 3 is 2.82 bits per heavy atom. The maximum Gasteiger partial charge on any atom is 0.513 e. The van der Waals surface area contributed by atoms with Crippen LogP contribution in [0.25, 0.3) is 16.5 Å². The highest BCUT2D eigenvalue weighted by molar-refractivity contribution is 7.98. The molecule has 0 spiro atoms. The standard InChI is InChI=1S/C26H30N2O4S/c1-3-31-26(29)32-25-15-23-22(14-24(25)30-2)20(16-28-23)17-33-12-10-21-13-19(9-11-27-21)18-7-5-4-6-8-18/h4-9,14-16,21,27-28H,3,10-13,17H2,1-2H3. The Hall–Kier alpha value is -2.90. The highest BCUT2D eigenvalue weighted by atomic mass is 32.2. The second-order valence-electron chi connectivity index (χ2n) is 7.89. The van der Waals surface area contributed by atoms with Crippen molar-refractivity contribution >= 4 is 34.4 Å². The van der Waals surface area contributed by atoms with Gasteiger partial charge in [-0.2, -0.15) is 11.8 Å². The van der Waals surface area contributed by atoms with Crippen molar-refractivity contribution in [3.05, 3.63) is 65.9 Å². The van der Waals surface area contributed by atoms with Crippen LogP contribution in [0, 0.1) is 0 Å². The van der Waals surface area contributed by atoms with Gasteiger partial charge in [0.1, 0.15) is 0 Å². The Bertz CT molecular complexity index is 1110. The van der Waals surface area contributed by atoms with Crippen molar-refractivity contribution in [2.75, 3.05) is 26.0 Å². The molecule has 33 heavy (non-hydrogen) atoms.